The number of ether oxygens (including phenoxy) is 1. The Labute approximate surface area is 143 Å². The number of carbonyl (C=O) groups is 1. The SMILES string of the molecule is CCN(CC)C(=O)c1cn(C2CC2)c2c(OC)c(F)c(F)cc2c1=O. The number of aromatic nitrogens is 1. The quantitative estimate of drug-likeness (QED) is 0.833. The number of methoxy groups -OCH3 is 1. The van der Waals surface area contributed by atoms with E-state index in [0.717, 1.165) is 18.9 Å². The second-order valence-corrected chi connectivity index (χ2v) is 6.09. The van der Waals surface area contributed by atoms with Gasteiger partial charge in [0.25, 0.3) is 5.91 Å². The van der Waals surface area contributed by atoms with E-state index >= 15 is 0 Å². The highest BCUT2D eigenvalue weighted by molar-refractivity contribution is 5.98. The first kappa shape index (κ1) is 17.4. The number of fused-ring (bicyclic) bond motifs is 1. The molecule has 0 atom stereocenters. The summed E-state index contributed by atoms with van der Waals surface area (Å²) in [7, 11) is 1.23. The summed E-state index contributed by atoms with van der Waals surface area (Å²) in [6.45, 7) is 4.55. The first-order valence-electron chi connectivity index (χ1n) is 8.34. The Morgan fingerprint density at radius 1 is 1.32 bits per heavy atom. The highest BCUT2D eigenvalue weighted by Gasteiger charge is 2.30. The molecule has 1 heterocycles. The second kappa shape index (κ2) is 6.46. The number of hydrogen-bond donors (Lipinski definition) is 0. The fourth-order valence-electron chi connectivity index (χ4n) is 3.09. The van der Waals surface area contributed by atoms with E-state index in [-0.39, 0.29) is 28.3 Å². The summed E-state index contributed by atoms with van der Waals surface area (Å²) in [5.41, 5.74) is -0.442. The summed E-state index contributed by atoms with van der Waals surface area (Å²) in [6.07, 6.45) is 3.15. The topological polar surface area (TPSA) is 51.5 Å². The zero-order valence-corrected chi connectivity index (χ0v) is 14.4. The summed E-state index contributed by atoms with van der Waals surface area (Å²) in [4.78, 5) is 27.0. The van der Waals surface area contributed by atoms with Gasteiger partial charge in [-0.05, 0) is 32.8 Å². The van der Waals surface area contributed by atoms with Crippen molar-refractivity contribution in [3.63, 3.8) is 0 Å². The van der Waals surface area contributed by atoms with Crippen molar-refractivity contribution < 1.29 is 18.3 Å². The fourth-order valence-corrected chi connectivity index (χ4v) is 3.09. The Morgan fingerprint density at radius 2 is 1.96 bits per heavy atom. The second-order valence-electron chi connectivity index (χ2n) is 6.09. The van der Waals surface area contributed by atoms with Gasteiger partial charge in [-0.3, -0.25) is 9.59 Å². The molecule has 7 heteroatoms. The summed E-state index contributed by atoms with van der Waals surface area (Å²) in [5.74, 6) is -3.02. The van der Waals surface area contributed by atoms with Crippen LogP contribution in [0.4, 0.5) is 8.78 Å². The number of hydrogen-bond acceptors (Lipinski definition) is 3. The molecule has 1 saturated carbocycles. The van der Waals surface area contributed by atoms with E-state index in [9.17, 15) is 18.4 Å². The van der Waals surface area contributed by atoms with Crippen molar-refractivity contribution in [2.75, 3.05) is 20.2 Å². The van der Waals surface area contributed by atoms with E-state index < -0.39 is 23.0 Å². The summed E-state index contributed by atoms with van der Waals surface area (Å²) in [6, 6.07) is 0.901. The molecule has 0 aliphatic heterocycles. The zero-order valence-electron chi connectivity index (χ0n) is 14.4. The zero-order chi connectivity index (χ0) is 18.3. The van der Waals surface area contributed by atoms with Gasteiger partial charge in [0.05, 0.1) is 18.0 Å². The fraction of sp³-hybridized carbons (Fsp3) is 0.444. The predicted molar refractivity (Wildman–Crippen MR) is 90.2 cm³/mol. The molecule has 1 aromatic heterocycles. The number of rotatable bonds is 5. The van der Waals surface area contributed by atoms with Gasteiger partial charge in [-0.15, -0.1) is 0 Å². The van der Waals surface area contributed by atoms with Crippen molar-refractivity contribution in [2.24, 2.45) is 0 Å². The van der Waals surface area contributed by atoms with Crippen molar-refractivity contribution in [1.82, 2.24) is 9.47 Å². The molecule has 1 aliphatic carbocycles. The average molecular weight is 350 g/mol. The molecule has 1 amide bonds. The van der Waals surface area contributed by atoms with Crippen LogP contribution in [0.25, 0.3) is 10.9 Å². The highest BCUT2D eigenvalue weighted by Crippen LogP contribution is 2.40. The number of nitrogens with zero attached hydrogens (tertiary/aromatic N) is 2. The van der Waals surface area contributed by atoms with Crippen molar-refractivity contribution >= 4 is 16.8 Å². The van der Waals surface area contributed by atoms with Crippen LogP contribution >= 0.6 is 0 Å². The van der Waals surface area contributed by atoms with Gasteiger partial charge in [0.1, 0.15) is 5.56 Å². The molecule has 0 bridgehead atoms. The molecule has 3 rings (SSSR count). The highest BCUT2D eigenvalue weighted by atomic mass is 19.2. The third-order valence-electron chi connectivity index (χ3n) is 4.59. The van der Waals surface area contributed by atoms with Crippen LogP contribution in [0.2, 0.25) is 0 Å². The van der Waals surface area contributed by atoms with Crippen LogP contribution in [0.3, 0.4) is 0 Å². The third-order valence-corrected chi connectivity index (χ3v) is 4.59. The Balaban J connectivity index is 2.36. The van der Waals surface area contributed by atoms with Gasteiger partial charge in [-0.1, -0.05) is 0 Å². The molecule has 134 valence electrons. The van der Waals surface area contributed by atoms with E-state index in [2.05, 4.69) is 0 Å². The van der Waals surface area contributed by atoms with Gasteiger partial charge in [0.15, 0.2) is 11.6 Å². The standard InChI is InChI=1S/C18H20F2N2O3/c1-4-21(5-2)18(24)12-9-22(10-6-7-10)15-11(16(12)23)8-13(19)14(20)17(15)25-3/h8-10H,4-7H2,1-3H3. The van der Waals surface area contributed by atoms with Crippen LogP contribution in [0.15, 0.2) is 17.1 Å². The van der Waals surface area contributed by atoms with Gasteiger partial charge < -0.3 is 14.2 Å². The maximum atomic E-state index is 14.1. The van der Waals surface area contributed by atoms with Crippen molar-refractivity contribution in [3.05, 3.63) is 39.7 Å². The number of pyridine rings is 1. The van der Waals surface area contributed by atoms with E-state index in [4.69, 9.17) is 4.74 Å². The number of halogens is 2. The first-order valence-corrected chi connectivity index (χ1v) is 8.34. The van der Waals surface area contributed by atoms with E-state index in [1.807, 2.05) is 13.8 Å². The van der Waals surface area contributed by atoms with Crippen LogP contribution in [-0.2, 0) is 0 Å². The molecule has 0 spiro atoms. The third kappa shape index (κ3) is 2.77. The van der Waals surface area contributed by atoms with Gasteiger partial charge in [0, 0.05) is 25.3 Å². The van der Waals surface area contributed by atoms with Crippen LogP contribution in [0.1, 0.15) is 43.1 Å². The Hall–Kier alpha value is -2.44. The van der Waals surface area contributed by atoms with Gasteiger partial charge in [0.2, 0.25) is 11.2 Å². The lowest BCUT2D eigenvalue weighted by atomic mass is 10.1. The normalized spacial score (nSPS) is 14.0. The lowest BCUT2D eigenvalue weighted by Crippen LogP contribution is -2.34. The lowest BCUT2D eigenvalue weighted by Gasteiger charge is -2.20. The van der Waals surface area contributed by atoms with Crippen molar-refractivity contribution in [3.8, 4) is 5.75 Å². The lowest BCUT2D eigenvalue weighted by molar-refractivity contribution is 0.0771. The predicted octanol–water partition coefficient (Wildman–Crippen LogP) is 3.11. The molecule has 0 saturated heterocycles. The number of benzene rings is 1. The minimum Gasteiger partial charge on any atom is -0.491 e. The molecule has 25 heavy (non-hydrogen) atoms. The average Bonchev–Trinajstić information content (AvgIpc) is 3.43. The Morgan fingerprint density at radius 3 is 2.48 bits per heavy atom. The van der Waals surface area contributed by atoms with Crippen molar-refractivity contribution in [1.29, 1.82) is 0 Å². The summed E-state index contributed by atoms with van der Waals surface area (Å²) >= 11 is 0. The molecule has 2 aromatic rings. The van der Waals surface area contributed by atoms with Gasteiger partial charge >= 0.3 is 0 Å². The Bertz CT molecular complexity index is 900. The van der Waals surface area contributed by atoms with E-state index in [1.54, 1.807) is 4.57 Å². The molecule has 0 N–H and O–H groups in total. The van der Waals surface area contributed by atoms with Crippen molar-refractivity contribution in [2.45, 2.75) is 32.7 Å². The van der Waals surface area contributed by atoms with Gasteiger partial charge in [-0.2, -0.15) is 4.39 Å². The van der Waals surface area contributed by atoms with E-state index in [0.29, 0.717) is 13.1 Å². The van der Waals surface area contributed by atoms with Gasteiger partial charge in [-0.25, -0.2) is 4.39 Å². The summed E-state index contributed by atoms with van der Waals surface area (Å²) < 4.78 is 34.8. The van der Waals surface area contributed by atoms with Crippen LogP contribution < -0.4 is 10.2 Å². The monoisotopic (exact) mass is 350 g/mol. The smallest absolute Gasteiger partial charge is 0.259 e. The molecule has 1 fully saturated rings. The first-order chi connectivity index (χ1) is 11.9. The molecule has 1 aliphatic rings. The maximum absolute atomic E-state index is 14.1. The maximum Gasteiger partial charge on any atom is 0.259 e. The van der Waals surface area contributed by atoms with Crippen LogP contribution in [0, 0.1) is 11.6 Å². The number of carbonyl (C=O) groups excluding carboxylic acids is 1. The Kier molecular flexibility index (Phi) is 4.49. The summed E-state index contributed by atoms with van der Waals surface area (Å²) in [5, 5.41) is -0.0411. The largest absolute Gasteiger partial charge is 0.491 e. The minimum atomic E-state index is -1.17. The minimum absolute atomic E-state index is 0.0313. The molecule has 1 aromatic carbocycles. The molecule has 5 nitrogen and oxygen atoms in total. The molecular formula is C18H20F2N2O3. The molecule has 0 unspecified atom stereocenters. The molecular weight excluding hydrogens is 330 g/mol. The molecule has 0 radical (unpaired) electrons. The van der Waals surface area contributed by atoms with Crippen LogP contribution in [-0.4, -0.2) is 35.6 Å². The number of amides is 1. The van der Waals surface area contributed by atoms with E-state index in [1.165, 1.54) is 18.2 Å². The van der Waals surface area contributed by atoms with Crippen LogP contribution in [0.5, 0.6) is 5.75 Å².